The average molecular weight is 256 g/mol. The highest BCUT2D eigenvalue weighted by atomic mass is 16.2. The minimum Gasteiger partial charge on any atom is -0.336 e. The topological polar surface area (TPSA) is 32.3 Å². The van der Waals surface area contributed by atoms with Crippen molar-refractivity contribution in [3.63, 3.8) is 0 Å². The molecular formula is C16H20N2O. The third-order valence-corrected chi connectivity index (χ3v) is 4.03. The van der Waals surface area contributed by atoms with Crippen LogP contribution in [0.1, 0.15) is 31.2 Å². The quantitative estimate of drug-likeness (QED) is 0.828. The van der Waals surface area contributed by atoms with E-state index in [9.17, 15) is 4.79 Å². The number of hydrogen-bond donors (Lipinski definition) is 1. The molecule has 1 aliphatic carbocycles. The molecule has 1 atom stereocenters. The van der Waals surface area contributed by atoms with E-state index in [0.29, 0.717) is 6.54 Å². The predicted molar refractivity (Wildman–Crippen MR) is 75.7 cm³/mol. The van der Waals surface area contributed by atoms with Gasteiger partial charge < -0.3 is 10.2 Å². The molecule has 1 heterocycles. The van der Waals surface area contributed by atoms with E-state index < -0.39 is 0 Å². The van der Waals surface area contributed by atoms with E-state index in [4.69, 9.17) is 0 Å². The number of allylic oxidation sites excluding steroid dienone is 1. The molecule has 3 nitrogen and oxygen atoms in total. The van der Waals surface area contributed by atoms with E-state index >= 15 is 0 Å². The van der Waals surface area contributed by atoms with Gasteiger partial charge >= 0.3 is 6.03 Å². The Labute approximate surface area is 114 Å². The molecule has 1 N–H and O–H groups in total. The monoisotopic (exact) mass is 256 g/mol. The maximum absolute atomic E-state index is 12.0. The van der Waals surface area contributed by atoms with Crippen molar-refractivity contribution in [3.8, 4) is 0 Å². The predicted octanol–water partition coefficient (Wildman–Crippen LogP) is 3.08. The van der Waals surface area contributed by atoms with Crippen LogP contribution >= 0.6 is 0 Å². The summed E-state index contributed by atoms with van der Waals surface area (Å²) in [5.41, 5.74) is 2.64. The van der Waals surface area contributed by atoms with Crippen LogP contribution < -0.4 is 5.32 Å². The van der Waals surface area contributed by atoms with Gasteiger partial charge in [0.2, 0.25) is 0 Å². The van der Waals surface area contributed by atoms with Gasteiger partial charge in [-0.2, -0.15) is 0 Å². The highest BCUT2D eigenvalue weighted by Crippen LogP contribution is 2.26. The minimum absolute atomic E-state index is 0.0697. The molecule has 3 heteroatoms. The summed E-state index contributed by atoms with van der Waals surface area (Å²) >= 11 is 0. The summed E-state index contributed by atoms with van der Waals surface area (Å²) in [5.74, 6) is 0. The minimum atomic E-state index is 0.0697. The van der Waals surface area contributed by atoms with Gasteiger partial charge in [-0.3, -0.25) is 0 Å². The lowest BCUT2D eigenvalue weighted by Gasteiger charge is -2.27. The molecular weight excluding hydrogens is 236 g/mol. The van der Waals surface area contributed by atoms with Gasteiger partial charge in [-0.05, 0) is 36.8 Å². The second kappa shape index (κ2) is 5.47. The fourth-order valence-corrected chi connectivity index (χ4v) is 3.00. The SMILES string of the molecule is O=C1NCC(C2=CCCCC2)N1Cc1ccccc1. The average Bonchev–Trinajstić information content (AvgIpc) is 2.82. The Morgan fingerprint density at radius 3 is 2.79 bits per heavy atom. The summed E-state index contributed by atoms with van der Waals surface area (Å²) in [7, 11) is 0. The standard InChI is InChI=1S/C16H20N2O/c19-16-17-11-15(14-9-5-2-6-10-14)18(16)12-13-7-3-1-4-8-13/h1,3-4,7-9,15H,2,5-6,10-12H2,(H,17,19). The van der Waals surface area contributed by atoms with Crippen molar-refractivity contribution in [1.29, 1.82) is 0 Å². The molecule has 1 aromatic rings. The lowest BCUT2D eigenvalue weighted by molar-refractivity contribution is 0.205. The Balaban J connectivity index is 1.77. The zero-order chi connectivity index (χ0) is 13.1. The van der Waals surface area contributed by atoms with E-state index in [-0.39, 0.29) is 12.1 Å². The first kappa shape index (κ1) is 12.3. The summed E-state index contributed by atoms with van der Waals surface area (Å²) in [5, 5.41) is 2.98. The van der Waals surface area contributed by atoms with Crippen LogP contribution in [0, 0.1) is 0 Å². The molecule has 0 saturated carbocycles. The molecule has 1 aromatic carbocycles. The zero-order valence-electron chi connectivity index (χ0n) is 11.1. The zero-order valence-corrected chi connectivity index (χ0v) is 11.1. The Morgan fingerprint density at radius 2 is 2.05 bits per heavy atom. The summed E-state index contributed by atoms with van der Waals surface area (Å²) in [6.07, 6.45) is 7.20. The molecule has 0 aromatic heterocycles. The first-order valence-electron chi connectivity index (χ1n) is 7.12. The van der Waals surface area contributed by atoms with Gasteiger partial charge in [0.05, 0.1) is 6.04 Å². The Bertz CT molecular complexity index is 481. The van der Waals surface area contributed by atoms with Gasteiger partial charge in [0.25, 0.3) is 0 Å². The van der Waals surface area contributed by atoms with Crippen molar-refractivity contribution in [1.82, 2.24) is 10.2 Å². The largest absolute Gasteiger partial charge is 0.336 e. The van der Waals surface area contributed by atoms with Crippen molar-refractivity contribution in [3.05, 3.63) is 47.5 Å². The van der Waals surface area contributed by atoms with Crippen molar-refractivity contribution in [2.75, 3.05) is 6.54 Å². The number of carbonyl (C=O) groups is 1. The van der Waals surface area contributed by atoms with Crippen LogP contribution in [0.4, 0.5) is 4.79 Å². The first-order valence-corrected chi connectivity index (χ1v) is 7.12. The number of rotatable bonds is 3. The Morgan fingerprint density at radius 1 is 1.21 bits per heavy atom. The van der Waals surface area contributed by atoms with E-state index in [1.165, 1.54) is 30.4 Å². The van der Waals surface area contributed by atoms with E-state index in [2.05, 4.69) is 23.5 Å². The number of benzene rings is 1. The number of carbonyl (C=O) groups excluding carboxylic acids is 1. The number of hydrogen-bond acceptors (Lipinski definition) is 1. The molecule has 3 rings (SSSR count). The maximum Gasteiger partial charge on any atom is 0.318 e. The Kier molecular flexibility index (Phi) is 3.53. The second-order valence-corrected chi connectivity index (χ2v) is 5.34. The molecule has 2 aliphatic rings. The smallest absolute Gasteiger partial charge is 0.318 e. The van der Waals surface area contributed by atoms with Gasteiger partial charge in [-0.15, -0.1) is 0 Å². The van der Waals surface area contributed by atoms with Crippen LogP contribution in [0.15, 0.2) is 42.0 Å². The first-order chi connectivity index (χ1) is 9.34. The normalized spacial score (nSPS) is 23.2. The molecule has 1 aliphatic heterocycles. The van der Waals surface area contributed by atoms with Crippen LogP contribution in [0.2, 0.25) is 0 Å². The molecule has 2 amide bonds. The molecule has 0 spiro atoms. The summed E-state index contributed by atoms with van der Waals surface area (Å²) in [6, 6.07) is 10.6. The van der Waals surface area contributed by atoms with Crippen LogP contribution in [0.3, 0.4) is 0 Å². The third-order valence-electron chi connectivity index (χ3n) is 4.03. The van der Waals surface area contributed by atoms with Gasteiger partial charge in [-0.1, -0.05) is 36.4 Å². The molecule has 1 fully saturated rings. The maximum atomic E-state index is 12.0. The van der Waals surface area contributed by atoms with Gasteiger partial charge in [0, 0.05) is 13.1 Å². The van der Waals surface area contributed by atoms with Crippen molar-refractivity contribution in [2.45, 2.75) is 38.3 Å². The molecule has 0 bridgehead atoms. The van der Waals surface area contributed by atoms with E-state index in [0.717, 1.165) is 13.0 Å². The lowest BCUT2D eigenvalue weighted by atomic mass is 9.93. The van der Waals surface area contributed by atoms with E-state index in [1.54, 1.807) is 0 Å². The van der Waals surface area contributed by atoms with E-state index in [1.807, 2.05) is 23.1 Å². The lowest BCUT2D eigenvalue weighted by Crippen LogP contribution is -2.35. The van der Waals surface area contributed by atoms with Crippen LogP contribution in [0.25, 0.3) is 0 Å². The van der Waals surface area contributed by atoms with Gasteiger partial charge in [0.15, 0.2) is 0 Å². The molecule has 1 saturated heterocycles. The fraction of sp³-hybridized carbons (Fsp3) is 0.438. The molecule has 1 unspecified atom stereocenters. The Hall–Kier alpha value is -1.77. The van der Waals surface area contributed by atoms with Gasteiger partial charge in [0.1, 0.15) is 0 Å². The molecule has 100 valence electrons. The fourth-order valence-electron chi connectivity index (χ4n) is 3.00. The van der Waals surface area contributed by atoms with Crippen LogP contribution in [-0.2, 0) is 6.54 Å². The number of amides is 2. The third kappa shape index (κ3) is 2.65. The molecule has 19 heavy (non-hydrogen) atoms. The van der Waals surface area contributed by atoms with Crippen molar-refractivity contribution in [2.24, 2.45) is 0 Å². The van der Waals surface area contributed by atoms with Crippen LogP contribution in [0.5, 0.6) is 0 Å². The number of nitrogens with one attached hydrogen (secondary N) is 1. The second-order valence-electron chi connectivity index (χ2n) is 5.34. The van der Waals surface area contributed by atoms with Crippen molar-refractivity contribution >= 4 is 6.03 Å². The summed E-state index contributed by atoms with van der Waals surface area (Å²) in [6.45, 7) is 1.46. The van der Waals surface area contributed by atoms with Crippen molar-refractivity contribution < 1.29 is 4.79 Å². The highest BCUT2D eigenvalue weighted by molar-refractivity contribution is 5.77. The van der Waals surface area contributed by atoms with Crippen LogP contribution in [-0.4, -0.2) is 23.5 Å². The highest BCUT2D eigenvalue weighted by Gasteiger charge is 2.33. The van der Waals surface area contributed by atoms with Gasteiger partial charge in [-0.25, -0.2) is 4.79 Å². The number of nitrogens with zero attached hydrogens (tertiary/aromatic N) is 1. The summed E-state index contributed by atoms with van der Waals surface area (Å²) in [4.78, 5) is 14.0. The molecule has 0 radical (unpaired) electrons. The number of urea groups is 1. The summed E-state index contributed by atoms with van der Waals surface area (Å²) < 4.78 is 0.